The molecule has 0 saturated heterocycles. The SMILES string of the molecule is C/C=C/C=C(C)\C(F)=C\F. The topological polar surface area (TPSA) is 0 Å². The van der Waals surface area contributed by atoms with E-state index >= 15 is 0 Å². The van der Waals surface area contributed by atoms with Gasteiger partial charge in [-0.15, -0.1) is 0 Å². The van der Waals surface area contributed by atoms with Crippen molar-refractivity contribution < 1.29 is 8.78 Å². The van der Waals surface area contributed by atoms with Gasteiger partial charge in [-0.2, -0.15) is 0 Å². The summed E-state index contributed by atoms with van der Waals surface area (Å²) in [6.07, 6.45) is 4.86. The van der Waals surface area contributed by atoms with Crippen LogP contribution in [-0.4, -0.2) is 0 Å². The molecule has 0 aliphatic carbocycles. The van der Waals surface area contributed by atoms with Gasteiger partial charge in [0.2, 0.25) is 0 Å². The highest BCUT2D eigenvalue weighted by atomic mass is 19.2. The Morgan fingerprint density at radius 1 is 1.40 bits per heavy atom. The molecule has 0 bridgehead atoms. The summed E-state index contributed by atoms with van der Waals surface area (Å²) in [5.74, 6) is -0.821. The van der Waals surface area contributed by atoms with Gasteiger partial charge in [0.25, 0.3) is 0 Å². The average Bonchev–Trinajstić information content (AvgIpc) is 1.98. The Hall–Kier alpha value is -0.920. The second kappa shape index (κ2) is 4.91. The molecule has 0 rings (SSSR count). The minimum atomic E-state index is -0.821. The van der Waals surface area contributed by atoms with Crippen molar-refractivity contribution in [2.24, 2.45) is 0 Å². The van der Waals surface area contributed by atoms with E-state index in [-0.39, 0.29) is 6.33 Å². The summed E-state index contributed by atoms with van der Waals surface area (Å²) in [7, 11) is 0. The van der Waals surface area contributed by atoms with E-state index in [4.69, 9.17) is 0 Å². The first-order valence-corrected chi connectivity index (χ1v) is 2.98. The van der Waals surface area contributed by atoms with Gasteiger partial charge in [-0.1, -0.05) is 18.2 Å². The van der Waals surface area contributed by atoms with Gasteiger partial charge < -0.3 is 0 Å². The summed E-state index contributed by atoms with van der Waals surface area (Å²) in [4.78, 5) is 0. The van der Waals surface area contributed by atoms with Crippen LogP contribution in [0.25, 0.3) is 0 Å². The lowest BCUT2D eigenvalue weighted by molar-refractivity contribution is 0.595. The summed E-state index contributed by atoms with van der Waals surface area (Å²) < 4.78 is 23.7. The van der Waals surface area contributed by atoms with Gasteiger partial charge in [0.15, 0.2) is 5.83 Å². The fraction of sp³-hybridized carbons (Fsp3) is 0.250. The van der Waals surface area contributed by atoms with Crippen molar-refractivity contribution in [3.63, 3.8) is 0 Å². The number of rotatable bonds is 2. The monoisotopic (exact) mass is 144 g/mol. The number of hydrogen-bond acceptors (Lipinski definition) is 0. The van der Waals surface area contributed by atoms with Gasteiger partial charge in [-0.05, 0) is 19.4 Å². The Balaban J connectivity index is 4.19. The molecular weight excluding hydrogens is 134 g/mol. The molecule has 0 atom stereocenters. The van der Waals surface area contributed by atoms with Crippen molar-refractivity contribution in [3.05, 3.63) is 36.0 Å². The summed E-state index contributed by atoms with van der Waals surface area (Å²) in [6.45, 7) is 3.31. The molecule has 0 aliphatic rings. The van der Waals surface area contributed by atoms with Gasteiger partial charge in [-0.3, -0.25) is 0 Å². The lowest BCUT2D eigenvalue weighted by Gasteiger charge is -1.89. The first-order chi connectivity index (χ1) is 4.72. The fourth-order valence-corrected chi connectivity index (χ4v) is 0.406. The molecule has 0 aliphatic heterocycles. The normalized spacial score (nSPS) is 14.8. The van der Waals surface area contributed by atoms with E-state index in [9.17, 15) is 8.78 Å². The zero-order valence-electron chi connectivity index (χ0n) is 6.07. The third kappa shape index (κ3) is 3.17. The third-order valence-corrected chi connectivity index (χ3v) is 1.01. The molecule has 0 aromatic rings. The van der Waals surface area contributed by atoms with E-state index in [0.29, 0.717) is 5.57 Å². The van der Waals surface area contributed by atoms with Crippen LogP contribution < -0.4 is 0 Å². The highest BCUT2D eigenvalue weighted by Crippen LogP contribution is 2.10. The summed E-state index contributed by atoms with van der Waals surface area (Å²) in [5.41, 5.74) is 0.292. The third-order valence-electron chi connectivity index (χ3n) is 1.01. The lowest BCUT2D eigenvalue weighted by Crippen LogP contribution is -1.73. The first-order valence-electron chi connectivity index (χ1n) is 2.98. The maximum absolute atomic E-state index is 12.2. The Labute approximate surface area is 59.6 Å². The van der Waals surface area contributed by atoms with E-state index in [1.165, 1.54) is 13.0 Å². The molecule has 0 radical (unpaired) electrons. The molecule has 0 heterocycles. The predicted molar refractivity (Wildman–Crippen MR) is 38.9 cm³/mol. The van der Waals surface area contributed by atoms with Crippen molar-refractivity contribution in [2.75, 3.05) is 0 Å². The molecular formula is C8H10F2. The van der Waals surface area contributed by atoms with Crippen LogP contribution in [0.5, 0.6) is 0 Å². The van der Waals surface area contributed by atoms with Crippen LogP contribution in [0.15, 0.2) is 36.0 Å². The molecule has 0 nitrogen and oxygen atoms in total. The quantitative estimate of drug-likeness (QED) is 0.521. The number of halogens is 2. The van der Waals surface area contributed by atoms with Crippen LogP contribution in [0.2, 0.25) is 0 Å². The Morgan fingerprint density at radius 3 is 2.40 bits per heavy atom. The molecule has 0 fully saturated rings. The summed E-state index contributed by atoms with van der Waals surface area (Å²) >= 11 is 0. The van der Waals surface area contributed by atoms with Crippen LogP contribution in [0, 0.1) is 0 Å². The Bertz CT molecular complexity index is 176. The van der Waals surface area contributed by atoms with Crippen LogP contribution in [-0.2, 0) is 0 Å². The zero-order valence-corrected chi connectivity index (χ0v) is 6.07. The Kier molecular flexibility index (Phi) is 4.46. The fourth-order valence-electron chi connectivity index (χ4n) is 0.406. The van der Waals surface area contributed by atoms with Crippen molar-refractivity contribution in [2.45, 2.75) is 13.8 Å². The average molecular weight is 144 g/mol. The largest absolute Gasteiger partial charge is 0.212 e. The van der Waals surface area contributed by atoms with Gasteiger partial charge >= 0.3 is 0 Å². The molecule has 56 valence electrons. The molecule has 2 heteroatoms. The summed E-state index contributed by atoms with van der Waals surface area (Å²) in [6, 6.07) is 0. The van der Waals surface area contributed by atoms with Gasteiger partial charge in [-0.25, -0.2) is 8.78 Å². The molecule has 0 aromatic heterocycles. The van der Waals surface area contributed by atoms with E-state index < -0.39 is 5.83 Å². The number of hydrogen-bond donors (Lipinski definition) is 0. The van der Waals surface area contributed by atoms with Crippen molar-refractivity contribution in [1.29, 1.82) is 0 Å². The maximum atomic E-state index is 12.2. The van der Waals surface area contributed by atoms with Crippen LogP contribution in [0.3, 0.4) is 0 Å². The standard InChI is InChI=1S/C8H10F2/c1-3-4-5-7(2)8(10)6-9/h3-6H,1-2H3/b4-3+,7-5-,8-6-. The highest BCUT2D eigenvalue weighted by Gasteiger charge is 1.93. The minimum absolute atomic E-state index is 0.0463. The molecule has 0 N–H and O–H groups in total. The van der Waals surface area contributed by atoms with Gasteiger partial charge in [0.1, 0.15) is 6.33 Å². The van der Waals surface area contributed by atoms with Crippen molar-refractivity contribution in [1.82, 2.24) is 0 Å². The molecule has 0 amide bonds. The summed E-state index contributed by atoms with van der Waals surface area (Å²) in [5, 5.41) is 0. The zero-order chi connectivity index (χ0) is 7.98. The molecule has 0 aromatic carbocycles. The van der Waals surface area contributed by atoms with Crippen LogP contribution in [0.1, 0.15) is 13.8 Å². The van der Waals surface area contributed by atoms with E-state index in [2.05, 4.69) is 0 Å². The predicted octanol–water partition coefficient (Wildman–Crippen LogP) is 3.29. The Morgan fingerprint density at radius 2 is 2.00 bits per heavy atom. The van der Waals surface area contributed by atoms with E-state index in [1.807, 2.05) is 0 Å². The van der Waals surface area contributed by atoms with Gasteiger partial charge in [0.05, 0.1) is 0 Å². The second-order valence-electron chi connectivity index (χ2n) is 1.83. The lowest BCUT2D eigenvalue weighted by atomic mass is 10.2. The molecule has 0 unspecified atom stereocenters. The van der Waals surface area contributed by atoms with E-state index in [0.717, 1.165) is 0 Å². The highest BCUT2D eigenvalue weighted by molar-refractivity contribution is 5.25. The first kappa shape index (κ1) is 9.08. The molecule has 0 spiro atoms. The maximum Gasteiger partial charge on any atom is 0.154 e. The van der Waals surface area contributed by atoms with Crippen LogP contribution in [0.4, 0.5) is 8.78 Å². The van der Waals surface area contributed by atoms with Crippen molar-refractivity contribution >= 4 is 0 Å². The smallest absolute Gasteiger partial charge is 0.154 e. The second-order valence-corrected chi connectivity index (χ2v) is 1.83. The van der Waals surface area contributed by atoms with E-state index in [1.54, 1.807) is 19.1 Å². The minimum Gasteiger partial charge on any atom is -0.212 e. The molecule has 10 heavy (non-hydrogen) atoms. The van der Waals surface area contributed by atoms with Gasteiger partial charge in [0, 0.05) is 0 Å². The van der Waals surface area contributed by atoms with Crippen LogP contribution >= 0.6 is 0 Å². The molecule has 0 saturated carbocycles. The van der Waals surface area contributed by atoms with Crippen molar-refractivity contribution in [3.8, 4) is 0 Å². The number of allylic oxidation sites excluding steroid dienone is 5.